The highest BCUT2D eigenvalue weighted by molar-refractivity contribution is 7.22. The minimum absolute atomic E-state index is 0.178. The molecule has 3 aromatic heterocycles. The van der Waals surface area contributed by atoms with Crippen LogP contribution in [0.2, 0.25) is 0 Å². The zero-order valence-electron chi connectivity index (χ0n) is 14.6. The Bertz CT molecular complexity index is 1120. The van der Waals surface area contributed by atoms with E-state index >= 15 is 0 Å². The molecule has 1 aromatic carbocycles. The number of halogens is 1. The molecule has 136 valence electrons. The fraction of sp³-hybridized carbons (Fsp3) is 0.158. The van der Waals surface area contributed by atoms with E-state index in [4.69, 9.17) is 0 Å². The van der Waals surface area contributed by atoms with Crippen LogP contribution >= 0.6 is 22.7 Å². The number of carbonyl (C=O) groups is 1. The SMILES string of the molecule is Cc1nc(C)c(C(=O)N(Cc2ccccn2)c2nc3ccc(F)cc3s2)s1. The monoisotopic (exact) mass is 398 g/mol. The third-order valence-corrected chi connectivity index (χ3v) is 6.06. The van der Waals surface area contributed by atoms with Crippen LogP contribution in [0, 0.1) is 19.7 Å². The van der Waals surface area contributed by atoms with Crippen LogP contribution in [0.5, 0.6) is 0 Å². The number of pyridine rings is 1. The van der Waals surface area contributed by atoms with Gasteiger partial charge < -0.3 is 0 Å². The van der Waals surface area contributed by atoms with Crippen LogP contribution in [-0.4, -0.2) is 20.9 Å². The molecule has 0 N–H and O–H groups in total. The Balaban J connectivity index is 1.79. The van der Waals surface area contributed by atoms with Crippen LogP contribution in [0.15, 0.2) is 42.6 Å². The van der Waals surface area contributed by atoms with Gasteiger partial charge in [-0.15, -0.1) is 11.3 Å². The van der Waals surface area contributed by atoms with Gasteiger partial charge in [-0.3, -0.25) is 14.7 Å². The average Bonchev–Trinajstić information content (AvgIpc) is 3.22. The van der Waals surface area contributed by atoms with Gasteiger partial charge in [0.2, 0.25) is 0 Å². The fourth-order valence-electron chi connectivity index (χ4n) is 2.73. The molecular weight excluding hydrogens is 383 g/mol. The number of rotatable bonds is 4. The Kier molecular flexibility index (Phi) is 4.67. The first-order valence-electron chi connectivity index (χ1n) is 8.23. The molecular formula is C19H15FN4OS2. The van der Waals surface area contributed by atoms with E-state index in [1.807, 2.05) is 32.0 Å². The summed E-state index contributed by atoms with van der Waals surface area (Å²) in [5, 5.41) is 1.34. The summed E-state index contributed by atoms with van der Waals surface area (Å²) in [7, 11) is 0. The lowest BCUT2D eigenvalue weighted by molar-refractivity contribution is 0.0988. The number of nitrogens with zero attached hydrogens (tertiary/aromatic N) is 4. The maximum absolute atomic E-state index is 13.6. The highest BCUT2D eigenvalue weighted by atomic mass is 32.1. The van der Waals surface area contributed by atoms with Crippen molar-refractivity contribution in [3.63, 3.8) is 0 Å². The van der Waals surface area contributed by atoms with Crippen molar-refractivity contribution in [3.8, 4) is 0 Å². The van der Waals surface area contributed by atoms with Crippen LogP contribution < -0.4 is 4.90 Å². The van der Waals surface area contributed by atoms with Crippen LogP contribution in [-0.2, 0) is 6.54 Å². The van der Waals surface area contributed by atoms with Gasteiger partial charge in [0.25, 0.3) is 5.91 Å². The van der Waals surface area contributed by atoms with E-state index in [1.165, 1.54) is 34.8 Å². The number of thiazole rings is 2. The first-order chi connectivity index (χ1) is 13.0. The van der Waals surface area contributed by atoms with Gasteiger partial charge in [-0.1, -0.05) is 17.4 Å². The zero-order chi connectivity index (χ0) is 19.0. The van der Waals surface area contributed by atoms with Crippen LogP contribution in [0.4, 0.5) is 9.52 Å². The predicted molar refractivity (Wildman–Crippen MR) is 106 cm³/mol. The minimum Gasteiger partial charge on any atom is -0.277 e. The van der Waals surface area contributed by atoms with Crippen molar-refractivity contribution in [3.05, 3.63) is 69.7 Å². The van der Waals surface area contributed by atoms with E-state index in [9.17, 15) is 9.18 Å². The number of benzene rings is 1. The maximum atomic E-state index is 13.6. The third kappa shape index (κ3) is 3.58. The molecule has 0 aliphatic heterocycles. The van der Waals surface area contributed by atoms with E-state index in [0.29, 0.717) is 25.9 Å². The number of hydrogen-bond donors (Lipinski definition) is 0. The molecule has 0 saturated carbocycles. The largest absolute Gasteiger partial charge is 0.277 e. The highest BCUT2D eigenvalue weighted by Gasteiger charge is 2.25. The minimum atomic E-state index is -0.325. The first-order valence-corrected chi connectivity index (χ1v) is 9.86. The number of aryl methyl sites for hydroxylation is 2. The summed E-state index contributed by atoms with van der Waals surface area (Å²) < 4.78 is 14.3. The molecule has 0 aliphatic carbocycles. The molecule has 0 bridgehead atoms. The summed E-state index contributed by atoms with van der Waals surface area (Å²) in [6.07, 6.45) is 1.69. The number of carbonyl (C=O) groups excluding carboxylic acids is 1. The molecule has 5 nitrogen and oxygen atoms in total. The summed E-state index contributed by atoms with van der Waals surface area (Å²) >= 11 is 2.64. The van der Waals surface area contributed by atoms with Crippen LogP contribution in [0.3, 0.4) is 0 Å². The van der Waals surface area contributed by atoms with Crippen molar-refractivity contribution < 1.29 is 9.18 Å². The number of hydrogen-bond acceptors (Lipinski definition) is 6. The Morgan fingerprint density at radius 2 is 2.00 bits per heavy atom. The number of fused-ring (bicyclic) bond motifs is 1. The lowest BCUT2D eigenvalue weighted by Crippen LogP contribution is -2.30. The Labute approximate surface area is 163 Å². The molecule has 27 heavy (non-hydrogen) atoms. The normalized spacial score (nSPS) is 11.1. The van der Waals surface area contributed by atoms with Crippen molar-refractivity contribution in [2.45, 2.75) is 20.4 Å². The Morgan fingerprint density at radius 1 is 1.15 bits per heavy atom. The molecule has 0 fully saturated rings. The zero-order valence-corrected chi connectivity index (χ0v) is 16.3. The van der Waals surface area contributed by atoms with E-state index in [-0.39, 0.29) is 18.3 Å². The van der Waals surface area contributed by atoms with Gasteiger partial charge in [-0.05, 0) is 44.2 Å². The smallest absolute Gasteiger partial charge is 0.272 e. The predicted octanol–water partition coefficient (Wildman–Crippen LogP) is 4.75. The molecule has 1 amide bonds. The summed E-state index contributed by atoms with van der Waals surface area (Å²) in [6, 6.07) is 9.98. The molecule has 0 unspecified atom stereocenters. The number of amides is 1. The third-order valence-electron chi connectivity index (χ3n) is 3.96. The Hall–Kier alpha value is -2.71. The molecule has 0 spiro atoms. The second kappa shape index (κ2) is 7.13. The van der Waals surface area contributed by atoms with Crippen LogP contribution in [0.1, 0.15) is 26.1 Å². The van der Waals surface area contributed by atoms with E-state index in [1.54, 1.807) is 17.2 Å². The summed E-state index contributed by atoms with van der Waals surface area (Å²) in [4.78, 5) is 28.7. The molecule has 0 aliphatic rings. The van der Waals surface area contributed by atoms with Gasteiger partial charge in [0.05, 0.1) is 33.2 Å². The molecule has 4 rings (SSSR count). The van der Waals surface area contributed by atoms with Crippen molar-refractivity contribution in [1.29, 1.82) is 0 Å². The lowest BCUT2D eigenvalue weighted by atomic mass is 10.3. The lowest BCUT2D eigenvalue weighted by Gasteiger charge is -2.19. The summed E-state index contributed by atoms with van der Waals surface area (Å²) in [6.45, 7) is 3.97. The number of anilines is 1. The molecule has 0 atom stereocenters. The maximum Gasteiger partial charge on any atom is 0.272 e. The van der Waals surface area contributed by atoms with Gasteiger partial charge in [0, 0.05) is 6.20 Å². The molecule has 3 heterocycles. The van der Waals surface area contributed by atoms with Gasteiger partial charge in [-0.25, -0.2) is 14.4 Å². The second-order valence-corrected chi connectivity index (χ2v) is 8.18. The van der Waals surface area contributed by atoms with Gasteiger partial charge in [0.15, 0.2) is 5.13 Å². The van der Waals surface area contributed by atoms with Gasteiger partial charge in [-0.2, -0.15) is 0 Å². The van der Waals surface area contributed by atoms with Crippen molar-refractivity contribution in [1.82, 2.24) is 15.0 Å². The standard InChI is InChI=1S/C19H15FN4OS2/c1-11-17(26-12(2)22-11)18(25)24(10-14-5-3-4-8-21-14)19-23-15-7-6-13(20)9-16(15)27-19/h3-9H,10H2,1-2H3. The van der Waals surface area contributed by atoms with Crippen molar-refractivity contribution in [2.24, 2.45) is 0 Å². The molecule has 8 heteroatoms. The first kappa shape index (κ1) is 17.7. The molecule has 4 aromatic rings. The average molecular weight is 398 g/mol. The Morgan fingerprint density at radius 3 is 2.70 bits per heavy atom. The van der Waals surface area contributed by atoms with Gasteiger partial charge >= 0.3 is 0 Å². The van der Waals surface area contributed by atoms with Crippen LogP contribution in [0.25, 0.3) is 10.2 Å². The second-order valence-electron chi connectivity index (χ2n) is 5.97. The molecule has 0 saturated heterocycles. The quantitative estimate of drug-likeness (QED) is 0.498. The van der Waals surface area contributed by atoms with E-state index < -0.39 is 0 Å². The topological polar surface area (TPSA) is 59.0 Å². The van der Waals surface area contributed by atoms with E-state index in [2.05, 4.69) is 15.0 Å². The van der Waals surface area contributed by atoms with Crippen molar-refractivity contribution >= 4 is 43.9 Å². The highest BCUT2D eigenvalue weighted by Crippen LogP contribution is 2.32. The summed E-state index contributed by atoms with van der Waals surface area (Å²) in [5.74, 6) is -0.502. The van der Waals surface area contributed by atoms with Crippen molar-refractivity contribution in [2.75, 3.05) is 4.90 Å². The summed E-state index contributed by atoms with van der Waals surface area (Å²) in [5.41, 5.74) is 2.10. The fourth-order valence-corrected chi connectivity index (χ4v) is 4.59. The molecule has 0 radical (unpaired) electrons. The number of aromatic nitrogens is 3. The van der Waals surface area contributed by atoms with E-state index in [0.717, 1.165) is 10.7 Å². The van der Waals surface area contributed by atoms with Gasteiger partial charge in [0.1, 0.15) is 10.7 Å².